The number of anilines is 1. The number of hydrogen-bond donors (Lipinski definition) is 1. The van der Waals surface area contributed by atoms with Gasteiger partial charge in [0.25, 0.3) is 0 Å². The van der Waals surface area contributed by atoms with Crippen LogP contribution in [0.1, 0.15) is 37.9 Å². The molecule has 0 saturated heterocycles. The van der Waals surface area contributed by atoms with Crippen LogP contribution in [0.15, 0.2) is 42.9 Å². The summed E-state index contributed by atoms with van der Waals surface area (Å²) in [6, 6.07) is 7.00. The Bertz CT molecular complexity index is 1670. The lowest BCUT2D eigenvalue weighted by atomic mass is 10.1. The number of rotatable bonds is 7. The van der Waals surface area contributed by atoms with Gasteiger partial charge in [-0.3, -0.25) is 10.3 Å². The van der Waals surface area contributed by atoms with E-state index in [1.165, 1.54) is 29.8 Å². The zero-order valence-electron chi connectivity index (χ0n) is 22.2. The molecule has 0 saturated carbocycles. The molecule has 0 fully saturated rings. The van der Waals surface area contributed by atoms with Crippen LogP contribution < -0.4 is 10.1 Å². The fourth-order valence-corrected chi connectivity index (χ4v) is 4.93. The molecule has 0 aliphatic heterocycles. The lowest BCUT2D eigenvalue weighted by Gasteiger charge is -2.22. The number of fused-ring (bicyclic) bond motifs is 2. The van der Waals surface area contributed by atoms with Gasteiger partial charge in [-0.2, -0.15) is 0 Å². The van der Waals surface area contributed by atoms with Gasteiger partial charge in [-0.25, -0.2) is 29.1 Å². The summed E-state index contributed by atoms with van der Waals surface area (Å²) in [6.45, 7) is 9.16. The molecular formula is C28H27FN6O3S. The molecule has 2 atom stereocenters. The van der Waals surface area contributed by atoms with Crippen molar-refractivity contribution in [3.63, 3.8) is 0 Å². The number of aromatic nitrogens is 5. The third-order valence-corrected chi connectivity index (χ3v) is 7.22. The largest absolute Gasteiger partial charge is 0.484 e. The minimum Gasteiger partial charge on any atom is -0.484 e. The molecule has 2 aromatic carbocycles. The van der Waals surface area contributed by atoms with Crippen LogP contribution in [-0.2, 0) is 11.2 Å². The van der Waals surface area contributed by atoms with Crippen molar-refractivity contribution in [2.45, 2.75) is 53.2 Å². The van der Waals surface area contributed by atoms with Crippen molar-refractivity contribution in [3.8, 4) is 16.3 Å². The maximum atomic E-state index is 15.0. The van der Waals surface area contributed by atoms with Crippen LogP contribution in [0, 0.1) is 19.7 Å². The first-order valence-corrected chi connectivity index (χ1v) is 13.3. The fraction of sp³-hybridized carbons (Fsp3) is 0.286. The molecule has 0 aliphatic carbocycles. The summed E-state index contributed by atoms with van der Waals surface area (Å²) in [5.41, 5.74) is 5.29. The zero-order valence-corrected chi connectivity index (χ0v) is 23.0. The Kier molecular flexibility index (Phi) is 7.34. The summed E-state index contributed by atoms with van der Waals surface area (Å²) in [5.74, 6) is 0.0819. The quantitative estimate of drug-likeness (QED) is 0.249. The van der Waals surface area contributed by atoms with E-state index >= 15 is 4.39 Å². The molecule has 9 nitrogen and oxygen atoms in total. The van der Waals surface area contributed by atoms with Gasteiger partial charge in [0.1, 0.15) is 23.0 Å². The van der Waals surface area contributed by atoms with E-state index in [1.54, 1.807) is 33.0 Å². The minimum atomic E-state index is -0.687. The van der Waals surface area contributed by atoms with E-state index in [4.69, 9.17) is 14.5 Å². The van der Waals surface area contributed by atoms with Gasteiger partial charge in [-0.15, -0.1) is 11.3 Å². The number of nitrogens with zero attached hydrogens (tertiary/aromatic N) is 5. The SMILES string of the molecule is CCc1cnc2c(-c3nc4cc(F)c(O[C@@H](C)[C@@H](C)OC(=O)Nc5cnc(C)nc5)cc4s3)cc(C)cc2n1. The van der Waals surface area contributed by atoms with Crippen molar-refractivity contribution in [1.82, 2.24) is 24.9 Å². The van der Waals surface area contributed by atoms with Crippen LogP contribution in [0.2, 0.25) is 0 Å². The Balaban J connectivity index is 1.34. The Labute approximate surface area is 228 Å². The van der Waals surface area contributed by atoms with Crippen molar-refractivity contribution in [2.24, 2.45) is 0 Å². The van der Waals surface area contributed by atoms with Gasteiger partial charge < -0.3 is 9.47 Å². The van der Waals surface area contributed by atoms with Crippen LogP contribution in [-0.4, -0.2) is 43.2 Å². The predicted octanol–water partition coefficient (Wildman–Crippen LogP) is 6.42. The second-order valence-electron chi connectivity index (χ2n) is 9.24. The molecule has 11 heteroatoms. The number of halogens is 1. The molecule has 0 bridgehead atoms. The number of thiazole rings is 1. The van der Waals surface area contributed by atoms with Crippen molar-refractivity contribution < 1.29 is 18.7 Å². The second kappa shape index (κ2) is 10.9. The van der Waals surface area contributed by atoms with Crippen molar-refractivity contribution in [3.05, 3.63) is 65.8 Å². The molecule has 39 heavy (non-hydrogen) atoms. The third kappa shape index (κ3) is 5.78. The van der Waals surface area contributed by atoms with E-state index < -0.39 is 24.1 Å². The lowest BCUT2D eigenvalue weighted by Crippen LogP contribution is -2.32. The van der Waals surface area contributed by atoms with Crippen LogP contribution in [0.3, 0.4) is 0 Å². The third-order valence-electron chi connectivity index (χ3n) is 6.17. The lowest BCUT2D eigenvalue weighted by molar-refractivity contribution is 0.0402. The maximum absolute atomic E-state index is 15.0. The first kappa shape index (κ1) is 26.4. The number of benzene rings is 2. The summed E-state index contributed by atoms with van der Waals surface area (Å²) >= 11 is 1.42. The molecule has 0 unspecified atom stereocenters. The van der Waals surface area contributed by atoms with Gasteiger partial charge >= 0.3 is 6.09 Å². The summed E-state index contributed by atoms with van der Waals surface area (Å²) < 4.78 is 27.0. The minimum absolute atomic E-state index is 0.0504. The summed E-state index contributed by atoms with van der Waals surface area (Å²) in [5, 5.41) is 3.28. The van der Waals surface area contributed by atoms with E-state index in [-0.39, 0.29) is 5.75 Å². The Morgan fingerprint density at radius 1 is 1.00 bits per heavy atom. The van der Waals surface area contributed by atoms with Gasteiger partial charge in [0.05, 0.1) is 45.0 Å². The average Bonchev–Trinajstić information content (AvgIpc) is 3.31. The van der Waals surface area contributed by atoms with Crippen molar-refractivity contribution in [1.29, 1.82) is 0 Å². The highest BCUT2D eigenvalue weighted by Crippen LogP contribution is 2.37. The molecular weight excluding hydrogens is 519 g/mol. The number of carbonyl (C=O) groups is 1. The second-order valence-corrected chi connectivity index (χ2v) is 10.3. The Morgan fingerprint density at radius 2 is 1.77 bits per heavy atom. The molecule has 3 aromatic heterocycles. The maximum Gasteiger partial charge on any atom is 0.412 e. The van der Waals surface area contributed by atoms with Crippen molar-refractivity contribution >= 4 is 44.4 Å². The Morgan fingerprint density at radius 3 is 2.51 bits per heavy atom. The summed E-state index contributed by atoms with van der Waals surface area (Å²) in [7, 11) is 0. The molecule has 200 valence electrons. The van der Waals surface area contributed by atoms with Crippen LogP contribution >= 0.6 is 11.3 Å². The molecule has 1 amide bonds. The zero-order chi connectivity index (χ0) is 27.7. The highest BCUT2D eigenvalue weighted by molar-refractivity contribution is 7.21. The average molecular weight is 547 g/mol. The van der Waals surface area contributed by atoms with E-state index in [2.05, 4.69) is 25.3 Å². The Hall–Kier alpha value is -4.25. The molecule has 3 heterocycles. The smallest absolute Gasteiger partial charge is 0.412 e. The van der Waals surface area contributed by atoms with Crippen LogP contribution in [0.5, 0.6) is 5.75 Å². The van der Waals surface area contributed by atoms with Gasteiger partial charge in [-0.05, 0) is 51.8 Å². The topological polar surface area (TPSA) is 112 Å². The van der Waals surface area contributed by atoms with Gasteiger partial charge in [0.2, 0.25) is 0 Å². The number of hydrogen-bond acceptors (Lipinski definition) is 9. The predicted molar refractivity (Wildman–Crippen MR) is 149 cm³/mol. The van der Waals surface area contributed by atoms with Crippen LogP contribution in [0.4, 0.5) is 14.9 Å². The monoisotopic (exact) mass is 546 g/mol. The summed E-state index contributed by atoms with van der Waals surface area (Å²) in [6.07, 6.45) is 3.55. The molecule has 0 radical (unpaired) electrons. The standard InChI is InChI=1S/C28H27FN6O3S/c1-6-18-11-32-26-20(7-14(2)8-23(26)33-18)27-35-22-9-21(29)24(10-25(22)39-27)37-15(3)16(4)38-28(36)34-19-12-30-17(5)31-13-19/h7-13,15-16H,6H2,1-5H3,(H,34,36)/t15-,16+/m0/s1. The highest BCUT2D eigenvalue weighted by atomic mass is 32.1. The molecule has 5 rings (SSSR count). The van der Waals surface area contributed by atoms with Crippen molar-refractivity contribution in [2.75, 3.05) is 5.32 Å². The molecule has 1 N–H and O–H groups in total. The van der Waals surface area contributed by atoms with Gasteiger partial charge in [-0.1, -0.05) is 6.92 Å². The van der Waals surface area contributed by atoms with E-state index in [1.807, 2.05) is 26.0 Å². The number of aryl methyl sites for hydroxylation is 3. The molecule has 5 aromatic rings. The number of ether oxygens (including phenoxy) is 2. The number of carbonyl (C=O) groups excluding carboxylic acids is 1. The van der Waals surface area contributed by atoms with E-state index in [9.17, 15) is 4.79 Å². The first-order chi connectivity index (χ1) is 18.7. The fourth-order valence-electron chi connectivity index (χ4n) is 3.94. The highest BCUT2D eigenvalue weighted by Gasteiger charge is 2.22. The van der Waals surface area contributed by atoms with Gasteiger partial charge in [0.15, 0.2) is 11.6 Å². The summed E-state index contributed by atoms with van der Waals surface area (Å²) in [4.78, 5) is 34.3. The number of amides is 1. The van der Waals surface area contributed by atoms with Crippen LogP contribution in [0.25, 0.3) is 31.8 Å². The van der Waals surface area contributed by atoms with Gasteiger partial charge in [0, 0.05) is 23.9 Å². The molecule has 0 spiro atoms. The van der Waals surface area contributed by atoms with E-state index in [0.717, 1.165) is 44.0 Å². The number of nitrogens with one attached hydrogen (secondary N) is 1. The normalized spacial score (nSPS) is 12.9. The first-order valence-electron chi connectivity index (χ1n) is 12.5. The molecule has 0 aliphatic rings. The van der Waals surface area contributed by atoms with E-state index in [0.29, 0.717) is 17.0 Å².